The van der Waals surface area contributed by atoms with E-state index < -0.39 is 143 Å². The van der Waals surface area contributed by atoms with Crippen LogP contribution in [0.5, 0.6) is 0 Å². The van der Waals surface area contributed by atoms with Crippen molar-refractivity contribution in [2.24, 2.45) is 5.73 Å². The number of ether oxygens (including phenoxy) is 3. The van der Waals surface area contributed by atoms with E-state index in [1.807, 2.05) is 0 Å². The molecule has 26 nitrogen and oxygen atoms in total. The van der Waals surface area contributed by atoms with Crippen LogP contribution in [0.4, 0.5) is 0 Å². The number of aldehydes is 1. The fourth-order valence-corrected chi connectivity index (χ4v) is 9.69. The fourth-order valence-electron chi connectivity index (χ4n) is 8.95. The molecule has 0 saturated carbocycles. The molecule has 0 aromatic rings. The maximum atomic E-state index is 13.0. The number of aliphatic hydroxyl groups excluding tert-OH is 3. The van der Waals surface area contributed by atoms with Gasteiger partial charge in [0, 0.05) is 32.7 Å². The van der Waals surface area contributed by atoms with Gasteiger partial charge in [0.25, 0.3) is 7.82 Å². The zero-order valence-electron chi connectivity index (χ0n) is 53.4. The van der Waals surface area contributed by atoms with E-state index in [4.69, 9.17) is 29.0 Å². The van der Waals surface area contributed by atoms with Crippen molar-refractivity contribution in [1.29, 1.82) is 0 Å². The van der Waals surface area contributed by atoms with Crippen molar-refractivity contribution in [3.8, 4) is 0 Å². The summed E-state index contributed by atoms with van der Waals surface area (Å²) in [5.74, 6) is -6.26. The van der Waals surface area contributed by atoms with Crippen LogP contribution in [0.3, 0.4) is 0 Å². The predicted octanol–water partition coefficient (Wildman–Crippen LogP) is 1.15. The predicted molar refractivity (Wildman–Crippen MR) is 320 cm³/mol. The van der Waals surface area contributed by atoms with Gasteiger partial charge in [-0.2, -0.15) is 0 Å². The van der Waals surface area contributed by atoms with E-state index in [-0.39, 0.29) is 67.1 Å². The standard InChI is InChI=1S/C59H109N6O19P.Na.H2O/c1-7-9-11-13-15-17-19-21-23-25-27-29-31-33-52(71)80-41-47(84-53(72)34-32-30-28-26-24-22-20-18-16-14-12-10-8-2)42-82-85(78,79)81-38-37-61-57(75)43(3)62-51(70)36-35-48(56(60)74)65-58(76)44(4)63-59(77)45(5)83-55(54(73)50(69)40-67)49(39-66)64-46(6)68;;/h39,43-45,47-50,54-55,67,69,73H,7-38,40-42H2,1-6H3,(H2,60,74)(H,61,75)(H,62,70)(H,63,77)(H,64,68)(H,65,76)(H,78,79);;1H2/q;+1;/p-1/t43-,44-,45+,47+,48+,49-,50+,54+,55+;;/m0../s1. The number of phosphoric ester groups is 1. The van der Waals surface area contributed by atoms with Gasteiger partial charge in [-0.25, -0.2) is 0 Å². The second kappa shape index (κ2) is 55.2. The van der Waals surface area contributed by atoms with Crippen molar-refractivity contribution in [1.82, 2.24) is 26.6 Å². The van der Waals surface area contributed by atoms with E-state index in [1.165, 1.54) is 124 Å². The quantitative estimate of drug-likeness (QED) is 0.0136. The number of phosphoric acid groups is 1. The van der Waals surface area contributed by atoms with Crippen molar-refractivity contribution in [2.75, 3.05) is 33.0 Å². The van der Waals surface area contributed by atoms with E-state index in [1.54, 1.807) is 0 Å². The first kappa shape index (κ1) is 87.5. The Morgan fingerprint density at radius 2 is 1.07 bits per heavy atom. The number of amides is 6. The molecule has 0 aliphatic heterocycles. The van der Waals surface area contributed by atoms with E-state index in [2.05, 4.69) is 40.4 Å². The van der Waals surface area contributed by atoms with E-state index >= 15 is 0 Å². The topological polar surface area (TPSA) is 418 Å². The molecule has 87 heavy (non-hydrogen) atoms. The maximum absolute atomic E-state index is 13.0. The van der Waals surface area contributed by atoms with E-state index in [0.29, 0.717) is 12.8 Å². The Bertz CT molecular complexity index is 1950. The van der Waals surface area contributed by atoms with Crippen molar-refractivity contribution in [3.05, 3.63) is 0 Å². The number of aliphatic hydroxyl groups is 3. The first-order chi connectivity index (χ1) is 40.5. The van der Waals surface area contributed by atoms with Gasteiger partial charge >= 0.3 is 41.5 Å². The Hall–Kier alpha value is -3.66. The number of hydrogen-bond donors (Lipinski definition) is 9. The van der Waals surface area contributed by atoms with Crippen molar-refractivity contribution in [3.63, 3.8) is 0 Å². The van der Waals surface area contributed by atoms with Gasteiger partial charge in [0.1, 0.15) is 61.5 Å². The van der Waals surface area contributed by atoms with Crippen LogP contribution in [0.15, 0.2) is 0 Å². The van der Waals surface area contributed by atoms with Crippen LogP contribution in [0, 0.1) is 0 Å². The SMILES string of the molecule is CCCCCCCCCCCCCCCC(=O)OC[C@H](COP(=O)([O-])OCCNC(=O)[C@H](C)NC(=O)CC[C@@H](NC(=O)[C@H](C)NC(=O)[C@@H](C)O[C@@H]([C@H](O)[C@H](O)CO)[C@H](C=O)NC(C)=O)C(N)=O)OC(=O)CCCCCCCCCCCCCCC.O.[Na+]. The summed E-state index contributed by atoms with van der Waals surface area (Å²) in [6.45, 7) is 6.18. The van der Waals surface area contributed by atoms with Gasteiger partial charge in [-0.05, 0) is 40.0 Å². The number of nitrogens with two attached hydrogens (primary N) is 1. The number of unbranched alkanes of at least 4 members (excludes halogenated alkanes) is 24. The molecule has 10 atom stereocenters. The van der Waals surface area contributed by atoms with Crippen molar-refractivity contribution in [2.45, 2.75) is 289 Å². The molecule has 28 heteroatoms. The van der Waals surface area contributed by atoms with Crippen molar-refractivity contribution >= 4 is 61.5 Å². The molecule has 12 N–H and O–H groups in total. The Kier molecular flexibility index (Phi) is 55.5. The molecule has 0 aliphatic rings. The van der Waals surface area contributed by atoms with Gasteiger partial charge in [0.2, 0.25) is 35.4 Å². The first-order valence-corrected chi connectivity index (χ1v) is 32.7. The molecule has 0 bridgehead atoms. The van der Waals surface area contributed by atoms with Gasteiger partial charge in [0.15, 0.2) is 6.10 Å². The molecule has 0 heterocycles. The average molecular weight is 1280 g/mol. The molecule has 0 aromatic carbocycles. The van der Waals surface area contributed by atoms with Crippen LogP contribution in [0.25, 0.3) is 0 Å². The van der Waals surface area contributed by atoms with Crippen molar-refractivity contribution < 1.29 is 126 Å². The number of rotatable bonds is 56. The second-order valence-corrected chi connectivity index (χ2v) is 23.4. The van der Waals surface area contributed by atoms with Gasteiger partial charge in [-0.15, -0.1) is 0 Å². The van der Waals surface area contributed by atoms with Gasteiger partial charge in [-0.1, -0.05) is 168 Å². The van der Waals surface area contributed by atoms with Gasteiger partial charge < -0.3 is 86.1 Å². The Morgan fingerprint density at radius 3 is 1.52 bits per heavy atom. The zero-order valence-corrected chi connectivity index (χ0v) is 56.3. The monoisotopic (exact) mass is 1280 g/mol. The Balaban J connectivity index is -0.0000353. The van der Waals surface area contributed by atoms with Crippen LogP contribution in [-0.4, -0.2) is 162 Å². The average Bonchev–Trinajstić information content (AvgIpc) is 3.35. The summed E-state index contributed by atoms with van der Waals surface area (Å²) >= 11 is 0. The van der Waals surface area contributed by atoms with E-state index in [0.717, 1.165) is 58.3 Å². The third-order valence-electron chi connectivity index (χ3n) is 14.1. The summed E-state index contributed by atoms with van der Waals surface area (Å²) in [5.41, 5.74) is 5.46. The maximum Gasteiger partial charge on any atom is 1.00 e. The summed E-state index contributed by atoms with van der Waals surface area (Å²) in [6.07, 6.45) is 21.0. The number of carbonyl (C=O) groups excluding carboxylic acids is 9. The molecule has 0 radical (unpaired) electrons. The number of nitrogens with one attached hydrogen (secondary N) is 5. The molecule has 6 amide bonds. The molecule has 0 rings (SSSR count). The van der Waals surface area contributed by atoms with E-state index in [9.17, 15) is 67.9 Å². The van der Waals surface area contributed by atoms with Crippen LogP contribution in [-0.2, 0) is 71.0 Å². The van der Waals surface area contributed by atoms with Gasteiger partial charge in [-0.3, -0.25) is 42.9 Å². The van der Waals surface area contributed by atoms with Crippen LogP contribution in [0.2, 0.25) is 0 Å². The minimum Gasteiger partial charge on any atom is -0.756 e. The third kappa shape index (κ3) is 47.0. The number of carbonyl (C=O) groups is 9. The zero-order chi connectivity index (χ0) is 63.8. The fraction of sp³-hybridized carbons (Fsp3) is 0.847. The van der Waals surface area contributed by atoms with Gasteiger partial charge in [0.05, 0.1) is 19.8 Å². The molecular weight excluding hydrogens is 1170 g/mol. The normalized spacial score (nSPS) is 14.9. The Morgan fingerprint density at radius 1 is 0.609 bits per heavy atom. The Labute approximate surface area is 539 Å². The first-order valence-electron chi connectivity index (χ1n) is 31.3. The molecule has 0 aliphatic carbocycles. The molecular formula is C59H110N6NaO20P. The summed E-state index contributed by atoms with van der Waals surface area (Å²) in [6, 6.07) is -5.54. The summed E-state index contributed by atoms with van der Waals surface area (Å²) < 4.78 is 39.1. The summed E-state index contributed by atoms with van der Waals surface area (Å²) in [7, 11) is -5.06. The third-order valence-corrected chi connectivity index (χ3v) is 15.1. The number of esters is 2. The number of primary amides is 1. The minimum absolute atomic E-state index is 0. The summed E-state index contributed by atoms with van der Waals surface area (Å²) in [4.78, 5) is 125. The molecule has 502 valence electrons. The smallest absolute Gasteiger partial charge is 0.756 e. The molecule has 1 unspecified atom stereocenters. The van der Waals surface area contributed by atoms with Crippen LogP contribution >= 0.6 is 7.82 Å². The number of hydrogen-bond acceptors (Lipinski definition) is 19. The molecule has 0 fully saturated rings. The summed E-state index contributed by atoms with van der Waals surface area (Å²) in [5, 5.41) is 41.3. The molecule has 0 saturated heterocycles. The van der Waals surface area contributed by atoms with Crippen LogP contribution < -0.4 is 66.8 Å². The second-order valence-electron chi connectivity index (χ2n) is 22.0. The molecule has 0 aromatic heterocycles. The molecule has 0 spiro atoms. The largest absolute Gasteiger partial charge is 1.00 e. The van der Waals surface area contributed by atoms with Crippen LogP contribution in [0.1, 0.15) is 234 Å². The minimum atomic E-state index is -5.06.